The van der Waals surface area contributed by atoms with Crippen molar-refractivity contribution in [2.45, 2.75) is 44.6 Å². The first-order valence-corrected chi connectivity index (χ1v) is 6.01. The predicted molar refractivity (Wildman–Crippen MR) is 55.6 cm³/mol. The molecule has 0 bridgehead atoms. The Morgan fingerprint density at radius 3 is 2.19 bits per heavy atom. The molecule has 1 aliphatic carbocycles. The van der Waals surface area contributed by atoms with E-state index in [4.69, 9.17) is 0 Å². The van der Waals surface area contributed by atoms with Gasteiger partial charge in [0.1, 0.15) is 0 Å². The fourth-order valence-electron chi connectivity index (χ4n) is 3.22. The van der Waals surface area contributed by atoms with E-state index < -0.39 is 13.4 Å². The van der Waals surface area contributed by atoms with Gasteiger partial charge in [-0.05, 0) is 44.6 Å². The summed E-state index contributed by atoms with van der Waals surface area (Å²) < 4.78 is 37.2. The molecule has 16 heavy (non-hydrogen) atoms. The molecule has 1 unspecified atom stereocenters. The van der Waals surface area contributed by atoms with Crippen molar-refractivity contribution >= 4 is 6.98 Å². The average molecular weight is 259 g/mol. The van der Waals surface area contributed by atoms with Gasteiger partial charge in [0.05, 0.1) is 0 Å². The number of halogens is 3. The third-order valence-corrected chi connectivity index (χ3v) is 3.80. The number of likely N-dealkylation sites (tertiary alicyclic amines) is 1. The fraction of sp³-hybridized carbons (Fsp3) is 1.00. The Kier molecular flexibility index (Phi) is 6.37. The second-order valence-electron chi connectivity index (χ2n) is 4.96. The summed E-state index contributed by atoms with van der Waals surface area (Å²) in [5, 5.41) is 0. The first-order chi connectivity index (χ1) is 7.06. The normalized spacial score (nSPS) is 28.3. The van der Waals surface area contributed by atoms with Gasteiger partial charge in [0, 0.05) is 6.04 Å². The third kappa shape index (κ3) is 4.28. The molecule has 0 aromatic carbocycles. The van der Waals surface area contributed by atoms with E-state index in [0.717, 1.165) is 25.7 Å². The van der Waals surface area contributed by atoms with Crippen LogP contribution in [-0.2, 0) is 0 Å². The van der Waals surface area contributed by atoms with Crippen molar-refractivity contribution in [1.29, 1.82) is 0 Å². The monoisotopic (exact) mass is 259 g/mol. The standard InChI is InChI=1S/C10H18BF3N.K/c12-11(13,14)8-15-7-3-6-10(15)9-4-1-2-5-9;/h9-10H,1-8H2;/q-1;+1. The number of hydrogen-bond donors (Lipinski definition) is 0. The van der Waals surface area contributed by atoms with Gasteiger partial charge in [-0.25, -0.2) is 0 Å². The van der Waals surface area contributed by atoms with Crippen molar-refractivity contribution in [3.05, 3.63) is 0 Å². The van der Waals surface area contributed by atoms with Gasteiger partial charge in [-0.1, -0.05) is 12.8 Å². The van der Waals surface area contributed by atoms with Crippen molar-refractivity contribution in [1.82, 2.24) is 4.90 Å². The molecule has 6 heteroatoms. The Hall–Kier alpha value is 1.45. The van der Waals surface area contributed by atoms with Crippen LogP contribution in [0.3, 0.4) is 0 Å². The maximum absolute atomic E-state index is 12.4. The van der Waals surface area contributed by atoms with E-state index in [1.165, 1.54) is 12.8 Å². The number of rotatable bonds is 3. The second-order valence-corrected chi connectivity index (χ2v) is 4.96. The van der Waals surface area contributed by atoms with E-state index >= 15 is 0 Å². The Morgan fingerprint density at radius 1 is 1.00 bits per heavy atom. The molecule has 0 N–H and O–H groups in total. The Bertz CT molecular complexity index is 219. The molecule has 1 nitrogen and oxygen atoms in total. The van der Waals surface area contributed by atoms with E-state index in [-0.39, 0.29) is 57.4 Å². The second kappa shape index (κ2) is 6.57. The topological polar surface area (TPSA) is 3.24 Å². The Balaban J connectivity index is 0.00000128. The SMILES string of the molecule is F[B-](F)(F)CN1CCCC1C1CCCC1.[K+]. The van der Waals surface area contributed by atoms with Crippen LogP contribution in [0.4, 0.5) is 12.9 Å². The minimum absolute atomic E-state index is 0. The van der Waals surface area contributed by atoms with Crippen LogP contribution in [0, 0.1) is 5.92 Å². The molecule has 1 atom stereocenters. The zero-order valence-electron chi connectivity index (χ0n) is 9.97. The fourth-order valence-corrected chi connectivity index (χ4v) is 3.22. The van der Waals surface area contributed by atoms with Crippen LogP contribution in [0.5, 0.6) is 0 Å². The summed E-state index contributed by atoms with van der Waals surface area (Å²) in [5.41, 5.74) is 0. The first kappa shape index (κ1) is 15.5. The van der Waals surface area contributed by atoms with Gasteiger partial charge >= 0.3 is 58.4 Å². The molecule has 1 saturated heterocycles. The van der Waals surface area contributed by atoms with E-state index in [9.17, 15) is 12.9 Å². The van der Waals surface area contributed by atoms with Crippen molar-refractivity contribution in [3.63, 3.8) is 0 Å². The maximum Gasteiger partial charge on any atom is 1.00 e. The van der Waals surface area contributed by atoms with E-state index in [1.54, 1.807) is 4.90 Å². The zero-order valence-corrected chi connectivity index (χ0v) is 13.1. The minimum Gasteiger partial charge on any atom is -0.448 e. The van der Waals surface area contributed by atoms with Gasteiger partial charge in [-0.3, -0.25) is 0 Å². The summed E-state index contributed by atoms with van der Waals surface area (Å²) in [6.45, 7) is -3.98. The van der Waals surface area contributed by atoms with E-state index in [2.05, 4.69) is 0 Å². The molecule has 1 aliphatic heterocycles. The molecule has 2 fully saturated rings. The zero-order chi connectivity index (χ0) is 10.9. The summed E-state index contributed by atoms with van der Waals surface area (Å²) in [6, 6.07) is 0.232. The minimum atomic E-state index is -4.64. The van der Waals surface area contributed by atoms with Gasteiger partial charge in [0.15, 0.2) is 0 Å². The van der Waals surface area contributed by atoms with Crippen LogP contribution in [0.2, 0.25) is 0 Å². The van der Waals surface area contributed by atoms with Crippen LogP contribution >= 0.6 is 0 Å². The van der Waals surface area contributed by atoms with Crippen molar-refractivity contribution < 1.29 is 64.3 Å². The molecular weight excluding hydrogens is 241 g/mol. The van der Waals surface area contributed by atoms with Crippen LogP contribution < -0.4 is 51.4 Å². The molecule has 2 rings (SSSR count). The molecular formula is C10H18BF3KN. The average Bonchev–Trinajstić information content (AvgIpc) is 2.68. The Labute approximate surface area is 138 Å². The summed E-state index contributed by atoms with van der Waals surface area (Å²) in [5.74, 6) is 0.547. The molecule has 1 heterocycles. The van der Waals surface area contributed by atoms with Crippen molar-refractivity contribution in [3.8, 4) is 0 Å². The third-order valence-electron chi connectivity index (χ3n) is 3.80. The molecule has 0 amide bonds. The molecule has 0 spiro atoms. The van der Waals surface area contributed by atoms with Crippen molar-refractivity contribution in [2.24, 2.45) is 5.92 Å². The van der Waals surface area contributed by atoms with E-state index in [1.807, 2.05) is 0 Å². The summed E-state index contributed by atoms with van der Waals surface area (Å²) in [7, 11) is 0. The predicted octanol–water partition coefficient (Wildman–Crippen LogP) is 0.0316. The molecule has 1 saturated carbocycles. The van der Waals surface area contributed by atoms with Gasteiger partial charge < -0.3 is 17.8 Å². The quantitative estimate of drug-likeness (QED) is 0.646. The van der Waals surface area contributed by atoms with Gasteiger partial charge in [0.2, 0.25) is 0 Å². The van der Waals surface area contributed by atoms with Crippen LogP contribution in [-0.4, -0.2) is 30.9 Å². The maximum atomic E-state index is 12.4. The van der Waals surface area contributed by atoms with Gasteiger partial charge in [-0.2, -0.15) is 0 Å². The molecule has 0 radical (unpaired) electrons. The molecule has 0 aromatic rings. The summed E-state index contributed by atoms with van der Waals surface area (Å²) >= 11 is 0. The smallest absolute Gasteiger partial charge is 0.448 e. The summed E-state index contributed by atoms with van der Waals surface area (Å²) in [6.07, 6.45) is 6.02. The van der Waals surface area contributed by atoms with E-state index in [0.29, 0.717) is 12.5 Å². The molecule has 2 aliphatic rings. The largest absolute Gasteiger partial charge is 1.00 e. The van der Waals surface area contributed by atoms with Crippen LogP contribution in [0.1, 0.15) is 38.5 Å². The van der Waals surface area contributed by atoms with Gasteiger partial charge in [0.25, 0.3) is 0 Å². The Morgan fingerprint density at radius 2 is 1.62 bits per heavy atom. The van der Waals surface area contributed by atoms with Crippen molar-refractivity contribution in [2.75, 3.05) is 13.0 Å². The first-order valence-electron chi connectivity index (χ1n) is 6.01. The van der Waals surface area contributed by atoms with Crippen LogP contribution in [0.25, 0.3) is 0 Å². The summed E-state index contributed by atoms with van der Waals surface area (Å²) in [4.78, 5) is 1.69. The molecule has 0 aromatic heterocycles. The number of nitrogens with zero attached hydrogens (tertiary/aromatic N) is 1. The van der Waals surface area contributed by atoms with Crippen LogP contribution in [0.15, 0.2) is 0 Å². The molecule has 88 valence electrons. The van der Waals surface area contributed by atoms with Gasteiger partial charge in [-0.15, -0.1) is 0 Å². The number of hydrogen-bond acceptors (Lipinski definition) is 1.